The van der Waals surface area contributed by atoms with Crippen LogP contribution in [0.1, 0.15) is 5.01 Å². The van der Waals surface area contributed by atoms with Crippen LogP contribution in [0.25, 0.3) is 0 Å². The first-order chi connectivity index (χ1) is 6.34. The minimum absolute atomic E-state index is 0.780. The molecule has 3 nitrogen and oxygen atoms in total. The zero-order chi connectivity index (χ0) is 9.10. The number of hydrogen-bond acceptors (Lipinski definition) is 3. The molecule has 68 valence electrons. The summed E-state index contributed by atoms with van der Waals surface area (Å²) < 4.78 is 3.15. The van der Waals surface area contributed by atoms with Crippen LogP contribution in [0.15, 0.2) is 30.7 Å². The molecule has 5 heteroatoms. The largest absolute Gasteiger partial charge is 0.320 e. The average molecular weight is 305 g/mol. The summed E-state index contributed by atoms with van der Waals surface area (Å²) in [5.41, 5.74) is 3.22. The zero-order valence-corrected chi connectivity index (χ0v) is 9.75. The third kappa shape index (κ3) is 2.44. The Labute approximate surface area is 93.9 Å². The van der Waals surface area contributed by atoms with E-state index in [4.69, 9.17) is 0 Å². The van der Waals surface area contributed by atoms with Crippen LogP contribution in [-0.4, -0.2) is 9.66 Å². The molecule has 2 aromatic heterocycles. The molecule has 0 spiro atoms. The fraction of sp³-hybridized carbons (Fsp3) is 0.125. The van der Waals surface area contributed by atoms with Crippen LogP contribution in [0.2, 0.25) is 0 Å². The van der Waals surface area contributed by atoms with Gasteiger partial charge in [0.05, 0.1) is 15.6 Å². The maximum Gasteiger partial charge on any atom is 0.114 e. The Bertz CT molecular complexity index is 368. The van der Waals surface area contributed by atoms with Crippen LogP contribution in [0.3, 0.4) is 0 Å². The van der Waals surface area contributed by atoms with Crippen molar-refractivity contribution in [2.24, 2.45) is 0 Å². The van der Waals surface area contributed by atoms with E-state index in [-0.39, 0.29) is 0 Å². The molecule has 0 amide bonds. The Morgan fingerprint density at radius 1 is 1.46 bits per heavy atom. The Morgan fingerprint density at radius 2 is 2.23 bits per heavy atom. The average Bonchev–Trinajstić information content (AvgIpc) is 2.71. The molecule has 0 aliphatic heterocycles. The molecule has 2 heterocycles. The molecule has 0 aliphatic rings. The quantitative estimate of drug-likeness (QED) is 0.882. The zero-order valence-electron chi connectivity index (χ0n) is 6.77. The van der Waals surface area contributed by atoms with Gasteiger partial charge in [-0.2, -0.15) is 0 Å². The van der Waals surface area contributed by atoms with E-state index in [0.29, 0.717) is 0 Å². The monoisotopic (exact) mass is 305 g/mol. The normalized spacial score (nSPS) is 10.2. The van der Waals surface area contributed by atoms with Gasteiger partial charge in [-0.15, -0.1) is 11.3 Å². The van der Waals surface area contributed by atoms with E-state index in [1.807, 2.05) is 35.4 Å². The van der Waals surface area contributed by atoms with Gasteiger partial charge in [-0.05, 0) is 34.7 Å². The highest BCUT2D eigenvalue weighted by atomic mass is 127. The number of nitrogens with one attached hydrogen (secondary N) is 1. The minimum Gasteiger partial charge on any atom is -0.320 e. The SMILES string of the molecule is Ic1cnc(CNn2cccc2)s1. The van der Waals surface area contributed by atoms with E-state index >= 15 is 0 Å². The van der Waals surface area contributed by atoms with Crippen molar-refractivity contribution < 1.29 is 0 Å². The van der Waals surface area contributed by atoms with Gasteiger partial charge in [0, 0.05) is 12.4 Å². The summed E-state index contributed by atoms with van der Waals surface area (Å²) in [6, 6.07) is 3.97. The third-order valence-electron chi connectivity index (χ3n) is 1.54. The highest BCUT2D eigenvalue weighted by molar-refractivity contribution is 14.1. The molecular formula is C8H8IN3S. The Morgan fingerprint density at radius 3 is 2.85 bits per heavy atom. The van der Waals surface area contributed by atoms with Crippen LogP contribution in [0.5, 0.6) is 0 Å². The van der Waals surface area contributed by atoms with Gasteiger partial charge in [0.2, 0.25) is 0 Å². The minimum atomic E-state index is 0.780. The van der Waals surface area contributed by atoms with Crippen molar-refractivity contribution in [2.45, 2.75) is 6.54 Å². The van der Waals surface area contributed by atoms with Gasteiger partial charge in [-0.3, -0.25) is 4.68 Å². The topological polar surface area (TPSA) is 29.9 Å². The van der Waals surface area contributed by atoms with Crippen molar-refractivity contribution >= 4 is 33.9 Å². The maximum absolute atomic E-state index is 4.25. The van der Waals surface area contributed by atoms with E-state index in [9.17, 15) is 0 Å². The lowest BCUT2D eigenvalue weighted by Crippen LogP contribution is -2.11. The molecule has 0 saturated heterocycles. The predicted octanol–water partition coefficient (Wildman–Crippen LogP) is 2.29. The standard InChI is InChI=1S/C8H8IN3S/c9-7-5-10-8(13-7)6-11-12-3-1-2-4-12/h1-5,11H,6H2. The van der Waals surface area contributed by atoms with Crippen LogP contribution in [0, 0.1) is 2.88 Å². The number of thiazole rings is 1. The van der Waals surface area contributed by atoms with Crippen molar-refractivity contribution in [3.63, 3.8) is 0 Å². The molecule has 0 saturated carbocycles. The Hall–Kier alpha value is -0.560. The Kier molecular flexibility index (Phi) is 2.84. The molecule has 1 N–H and O–H groups in total. The second kappa shape index (κ2) is 4.10. The third-order valence-corrected chi connectivity index (χ3v) is 3.27. The lowest BCUT2D eigenvalue weighted by atomic mass is 10.7. The van der Waals surface area contributed by atoms with Crippen molar-refractivity contribution in [1.29, 1.82) is 0 Å². The summed E-state index contributed by atoms with van der Waals surface area (Å²) >= 11 is 3.98. The number of halogens is 1. The van der Waals surface area contributed by atoms with E-state index in [2.05, 4.69) is 33.0 Å². The highest BCUT2D eigenvalue weighted by Crippen LogP contribution is 2.14. The smallest absolute Gasteiger partial charge is 0.114 e. The number of aromatic nitrogens is 2. The summed E-state index contributed by atoms with van der Waals surface area (Å²) in [5.74, 6) is 0. The van der Waals surface area contributed by atoms with Crippen molar-refractivity contribution in [2.75, 3.05) is 5.43 Å². The number of nitrogens with zero attached hydrogens (tertiary/aromatic N) is 2. The lowest BCUT2D eigenvalue weighted by molar-refractivity contribution is 0.842. The van der Waals surface area contributed by atoms with Gasteiger partial charge in [0.25, 0.3) is 0 Å². The van der Waals surface area contributed by atoms with E-state index in [1.54, 1.807) is 11.3 Å². The van der Waals surface area contributed by atoms with Gasteiger partial charge in [0.1, 0.15) is 5.01 Å². The first-order valence-corrected chi connectivity index (χ1v) is 5.71. The van der Waals surface area contributed by atoms with Gasteiger partial charge >= 0.3 is 0 Å². The van der Waals surface area contributed by atoms with Crippen LogP contribution < -0.4 is 5.43 Å². The molecule has 0 aliphatic carbocycles. The molecule has 2 rings (SSSR count). The number of hydrogen-bond donors (Lipinski definition) is 1. The second-order valence-corrected chi connectivity index (χ2v) is 5.49. The van der Waals surface area contributed by atoms with Gasteiger partial charge in [-0.1, -0.05) is 0 Å². The van der Waals surface area contributed by atoms with E-state index < -0.39 is 0 Å². The van der Waals surface area contributed by atoms with Gasteiger partial charge in [0.15, 0.2) is 0 Å². The van der Waals surface area contributed by atoms with Crippen LogP contribution in [-0.2, 0) is 6.54 Å². The molecule has 13 heavy (non-hydrogen) atoms. The molecule has 0 aromatic carbocycles. The predicted molar refractivity (Wildman–Crippen MR) is 62.3 cm³/mol. The second-order valence-electron chi connectivity index (χ2n) is 2.48. The number of rotatable bonds is 3. The van der Waals surface area contributed by atoms with Crippen LogP contribution >= 0.6 is 33.9 Å². The summed E-state index contributed by atoms with van der Waals surface area (Å²) in [6.45, 7) is 0.780. The maximum atomic E-state index is 4.25. The Balaban J connectivity index is 1.93. The fourth-order valence-corrected chi connectivity index (χ4v) is 2.44. The van der Waals surface area contributed by atoms with Crippen molar-refractivity contribution in [3.8, 4) is 0 Å². The van der Waals surface area contributed by atoms with Crippen LogP contribution in [0.4, 0.5) is 0 Å². The lowest BCUT2D eigenvalue weighted by Gasteiger charge is -2.03. The van der Waals surface area contributed by atoms with E-state index in [0.717, 1.165) is 11.6 Å². The molecule has 0 fully saturated rings. The molecular weight excluding hydrogens is 297 g/mol. The fourth-order valence-electron chi connectivity index (χ4n) is 0.969. The summed E-state index contributed by atoms with van der Waals surface area (Å²) in [6.07, 6.45) is 5.83. The molecule has 0 unspecified atom stereocenters. The molecule has 0 atom stereocenters. The summed E-state index contributed by atoms with van der Waals surface area (Å²) in [4.78, 5) is 4.25. The molecule has 0 radical (unpaired) electrons. The van der Waals surface area contributed by atoms with Gasteiger partial charge in [-0.25, -0.2) is 4.98 Å². The molecule has 0 bridgehead atoms. The first kappa shape index (κ1) is 9.01. The van der Waals surface area contributed by atoms with Crippen molar-refractivity contribution in [3.05, 3.63) is 38.6 Å². The van der Waals surface area contributed by atoms with Gasteiger partial charge < -0.3 is 5.43 Å². The highest BCUT2D eigenvalue weighted by Gasteiger charge is 1.97. The summed E-state index contributed by atoms with van der Waals surface area (Å²) in [7, 11) is 0. The first-order valence-electron chi connectivity index (χ1n) is 3.81. The van der Waals surface area contributed by atoms with E-state index in [1.165, 1.54) is 2.88 Å². The molecule has 2 aromatic rings. The summed E-state index contributed by atoms with van der Waals surface area (Å²) in [5, 5.41) is 1.11. The van der Waals surface area contributed by atoms with Crippen molar-refractivity contribution in [1.82, 2.24) is 9.66 Å².